The molecule has 0 amide bonds. The van der Waals surface area contributed by atoms with E-state index in [0.29, 0.717) is 17.5 Å². The zero-order chi connectivity index (χ0) is 16.6. The summed E-state index contributed by atoms with van der Waals surface area (Å²) >= 11 is 0. The lowest BCUT2D eigenvalue weighted by Crippen LogP contribution is -2.40. The molecule has 1 aromatic heterocycles. The Morgan fingerprint density at radius 3 is 2.71 bits per heavy atom. The van der Waals surface area contributed by atoms with Crippen LogP contribution in [-0.4, -0.2) is 42.3 Å². The standard InChI is InChI=1S/C19H30N4O/c1-19(2)11-16(21-14-5-3-4-6-14)15-13-20-18(22-17(15)12-19)23-7-9-24-10-8-23/h13-14,16,21H,3-12H2,1-2H3. The molecule has 1 atom stereocenters. The van der Waals surface area contributed by atoms with Crippen molar-refractivity contribution in [2.75, 3.05) is 31.2 Å². The van der Waals surface area contributed by atoms with Crippen molar-refractivity contribution >= 4 is 5.95 Å². The van der Waals surface area contributed by atoms with Crippen LogP contribution in [0.25, 0.3) is 0 Å². The van der Waals surface area contributed by atoms with Gasteiger partial charge in [0.2, 0.25) is 5.95 Å². The third kappa shape index (κ3) is 3.42. The van der Waals surface area contributed by atoms with Gasteiger partial charge in [0.25, 0.3) is 0 Å². The Kier molecular flexibility index (Phi) is 4.48. The highest BCUT2D eigenvalue weighted by atomic mass is 16.5. The molecular formula is C19H30N4O. The van der Waals surface area contributed by atoms with E-state index in [9.17, 15) is 0 Å². The van der Waals surface area contributed by atoms with Crippen LogP contribution in [0.4, 0.5) is 5.95 Å². The predicted molar refractivity (Wildman–Crippen MR) is 95.3 cm³/mol. The number of fused-ring (bicyclic) bond motifs is 1. The molecule has 0 bridgehead atoms. The summed E-state index contributed by atoms with van der Waals surface area (Å²) in [5.41, 5.74) is 2.87. The molecule has 2 aliphatic carbocycles. The fraction of sp³-hybridized carbons (Fsp3) is 0.789. The summed E-state index contributed by atoms with van der Waals surface area (Å²) in [6, 6.07) is 1.08. The van der Waals surface area contributed by atoms with Gasteiger partial charge in [0.15, 0.2) is 0 Å². The maximum Gasteiger partial charge on any atom is 0.225 e. The molecule has 24 heavy (non-hydrogen) atoms. The molecule has 5 heteroatoms. The molecule has 1 N–H and O–H groups in total. The molecule has 1 saturated carbocycles. The third-order valence-corrected chi connectivity index (χ3v) is 5.75. The Morgan fingerprint density at radius 1 is 1.21 bits per heavy atom. The first kappa shape index (κ1) is 16.3. The Hall–Kier alpha value is -1.20. The molecule has 1 aromatic rings. The van der Waals surface area contributed by atoms with Gasteiger partial charge >= 0.3 is 0 Å². The van der Waals surface area contributed by atoms with E-state index < -0.39 is 0 Å². The van der Waals surface area contributed by atoms with Crippen LogP contribution in [0.15, 0.2) is 6.20 Å². The molecule has 2 fully saturated rings. The van der Waals surface area contributed by atoms with Crippen LogP contribution in [0, 0.1) is 5.41 Å². The molecule has 1 saturated heterocycles. The van der Waals surface area contributed by atoms with Crippen molar-refractivity contribution in [2.24, 2.45) is 5.41 Å². The van der Waals surface area contributed by atoms with Crippen LogP contribution in [0.1, 0.15) is 63.3 Å². The lowest BCUT2D eigenvalue weighted by Gasteiger charge is -2.38. The minimum atomic E-state index is 0.292. The van der Waals surface area contributed by atoms with E-state index >= 15 is 0 Å². The van der Waals surface area contributed by atoms with Crippen LogP contribution in [0.5, 0.6) is 0 Å². The van der Waals surface area contributed by atoms with Crippen LogP contribution in [-0.2, 0) is 11.2 Å². The first-order valence-corrected chi connectivity index (χ1v) is 9.55. The van der Waals surface area contributed by atoms with E-state index in [1.165, 1.54) is 43.4 Å². The zero-order valence-corrected chi connectivity index (χ0v) is 15.1. The van der Waals surface area contributed by atoms with Gasteiger partial charge in [-0.3, -0.25) is 0 Å². The quantitative estimate of drug-likeness (QED) is 0.923. The number of ether oxygens (including phenoxy) is 1. The molecule has 1 aliphatic heterocycles. The first-order valence-electron chi connectivity index (χ1n) is 9.55. The Bertz CT molecular complexity index is 577. The number of rotatable bonds is 3. The molecule has 2 heterocycles. The summed E-state index contributed by atoms with van der Waals surface area (Å²) in [6.45, 7) is 8.08. The summed E-state index contributed by atoms with van der Waals surface area (Å²) in [6.07, 6.45) is 9.69. The maximum absolute atomic E-state index is 5.45. The van der Waals surface area contributed by atoms with Crippen molar-refractivity contribution in [3.05, 3.63) is 17.5 Å². The van der Waals surface area contributed by atoms with Crippen LogP contribution in [0.3, 0.4) is 0 Å². The highest BCUT2D eigenvalue weighted by Gasteiger charge is 2.35. The molecular weight excluding hydrogens is 300 g/mol. The number of hydrogen-bond acceptors (Lipinski definition) is 5. The Balaban J connectivity index is 1.58. The normalized spacial score (nSPS) is 27.2. The molecule has 3 aliphatic rings. The smallest absolute Gasteiger partial charge is 0.225 e. The van der Waals surface area contributed by atoms with Crippen molar-refractivity contribution < 1.29 is 4.74 Å². The van der Waals surface area contributed by atoms with E-state index in [-0.39, 0.29) is 0 Å². The second-order valence-corrected chi connectivity index (χ2v) is 8.42. The van der Waals surface area contributed by atoms with Gasteiger partial charge in [-0.15, -0.1) is 0 Å². The minimum absolute atomic E-state index is 0.292. The number of hydrogen-bond donors (Lipinski definition) is 1. The van der Waals surface area contributed by atoms with Gasteiger partial charge in [0.1, 0.15) is 0 Å². The van der Waals surface area contributed by atoms with E-state index in [1.54, 1.807) is 0 Å². The predicted octanol–water partition coefficient (Wildman–Crippen LogP) is 2.86. The molecule has 132 valence electrons. The SMILES string of the molecule is CC1(C)Cc2nc(N3CCOCC3)ncc2C(NC2CCCC2)C1. The lowest BCUT2D eigenvalue weighted by atomic mass is 9.74. The topological polar surface area (TPSA) is 50.3 Å². The zero-order valence-electron chi connectivity index (χ0n) is 15.1. The third-order valence-electron chi connectivity index (χ3n) is 5.75. The molecule has 1 unspecified atom stereocenters. The average molecular weight is 330 g/mol. The molecule has 4 rings (SSSR count). The lowest BCUT2D eigenvalue weighted by molar-refractivity contribution is 0.122. The van der Waals surface area contributed by atoms with Gasteiger partial charge < -0.3 is 15.0 Å². The molecule has 0 radical (unpaired) electrons. The largest absolute Gasteiger partial charge is 0.378 e. The summed E-state index contributed by atoms with van der Waals surface area (Å²) in [7, 11) is 0. The number of morpholine rings is 1. The summed E-state index contributed by atoms with van der Waals surface area (Å²) < 4.78 is 5.45. The highest BCUT2D eigenvalue weighted by Crippen LogP contribution is 2.41. The maximum atomic E-state index is 5.45. The van der Waals surface area contributed by atoms with Crippen molar-refractivity contribution in [3.8, 4) is 0 Å². The van der Waals surface area contributed by atoms with Crippen molar-refractivity contribution in [1.82, 2.24) is 15.3 Å². The molecule has 0 spiro atoms. The highest BCUT2D eigenvalue weighted by molar-refractivity contribution is 5.36. The van der Waals surface area contributed by atoms with Crippen molar-refractivity contribution in [2.45, 2.75) is 64.5 Å². The number of aromatic nitrogens is 2. The second-order valence-electron chi connectivity index (χ2n) is 8.42. The first-order chi connectivity index (χ1) is 11.6. The summed E-state index contributed by atoms with van der Waals surface area (Å²) in [5.74, 6) is 0.884. The molecule has 0 aromatic carbocycles. The number of nitrogens with zero attached hydrogens (tertiary/aromatic N) is 3. The van der Waals surface area contributed by atoms with E-state index in [2.05, 4.69) is 30.3 Å². The van der Waals surface area contributed by atoms with Crippen LogP contribution < -0.4 is 10.2 Å². The Labute approximate surface area is 145 Å². The Morgan fingerprint density at radius 2 is 1.96 bits per heavy atom. The monoisotopic (exact) mass is 330 g/mol. The van der Waals surface area contributed by atoms with E-state index in [0.717, 1.165) is 38.7 Å². The van der Waals surface area contributed by atoms with Gasteiger partial charge in [-0.05, 0) is 31.1 Å². The fourth-order valence-corrected chi connectivity index (χ4v) is 4.48. The van der Waals surface area contributed by atoms with Crippen molar-refractivity contribution in [3.63, 3.8) is 0 Å². The summed E-state index contributed by atoms with van der Waals surface area (Å²) in [5, 5.41) is 3.92. The second kappa shape index (κ2) is 6.60. The van der Waals surface area contributed by atoms with Crippen LogP contribution in [0.2, 0.25) is 0 Å². The number of anilines is 1. The van der Waals surface area contributed by atoms with E-state index in [4.69, 9.17) is 14.7 Å². The van der Waals surface area contributed by atoms with Gasteiger partial charge in [0, 0.05) is 36.9 Å². The van der Waals surface area contributed by atoms with Gasteiger partial charge in [-0.2, -0.15) is 0 Å². The molecule has 5 nitrogen and oxygen atoms in total. The number of nitrogens with one attached hydrogen (secondary N) is 1. The van der Waals surface area contributed by atoms with Crippen LogP contribution >= 0.6 is 0 Å². The summed E-state index contributed by atoms with van der Waals surface area (Å²) in [4.78, 5) is 11.9. The average Bonchev–Trinajstić information content (AvgIpc) is 3.07. The van der Waals surface area contributed by atoms with E-state index in [1.807, 2.05) is 0 Å². The van der Waals surface area contributed by atoms with Gasteiger partial charge in [-0.1, -0.05) is 26.7 Å². The van der Waals surface area contributed by atoms with Gasteiger partial charge in [-0.25, -0.2) is 9.97 Å². The van der Waals surface area contributed by atoms with Gasteiger partial charge in [0.05, 0.1) is 18.9 Å². The minimum Gasteiger partial charge on any atom is -0.378 e. The van der Waals surface area contributed by atoms with Crippen molar-refractivity contribution in [1.29, 1.82) is 0 Å². The fourth-order valence-electron chi connectivity index (χ4n) is 4.48.